The number of rotatable bonds is 12. The van der Waals surface area contributed by atoms with Crippen LogP contribution in [0.3, 0.4) is 0 Å². The van der Waals surface area contributed by atoms with Crippen molar-refractivity contribution in [2.45, 2.75) is 48.4 Å². The van der Waals surface area contributed by atoms with Crippen molar-refractivity contribution in [3.05, 3.63) is 80.6 Å². The van der Waals surface area contributed by atoms with Gasteiger partial charge in [-0.15, -0.1) is 11.8 Å². The molecule has 47 heavy (non-hydrogen) atoms. The number of nitrogens with zero attached hydrogens (tertiary/aromatic N) is 2. The van der Waals surface area contributed by atoms with E-state index in [9.17, 15) is 35.2 Å². The summed E-state index contributed by atoms with van der Waals surface area (Å²) in [7, 11) is -4.89. The molecule has 2 aromatic carbocycles. The van der Waals surface area contributed by atoms with E-state index in [1.165, 1.54) is 30.6 Å². The van der Waals surface area contributed by atoms with Gasteiger partial charge in [-0.1, -0.05) is 40.9 Å². The third-order valence-corrected chi connectivity index (χ3v) is 11.3. The van der Waals surface area contributed by atoms with Crippen molar-refractivity contribution in [1.29, 1.82) is 0 Å². The molecule has 2 aliphatic rings. The molecule has 3 aromatic rings. The highest BCUT2D eigenvalue weighted by Crippen LogP contribution is 2.41. The molecule has 5 rings (SSSR count). The normalized spacial score (nSPS) is 17.9. The summed E-state index contributed by atoms with van der Waals surface area (Å²) in [5.74, 6) is -1.10. The van der Waals surface area contributed by atoms with E-state index in [2.05, 4.69) is 9.72 Å². The second-order valence-electron chi connectivity index (χ2n) is 10.5. The highest BCUT2D eigenvalue weighted by atomic mass is 35.5. The number of thioether (sulfide) groups is 1. The lowest BCUT2D eigenvalue weighted by atomic mass is 10.0. The zero-order valence-electron chi connectivity index (χ0n) is 23.9. The molecule has 0 bridgehead atoms. The Morgan fingerprint density at radius 2 is 1.74 bits per heavy atom. The third kappa shape index (κ3) is 8.54. The number of hydrogen-bond acceptors (Lipinski definition) is 8. The number of carbonyl (C=O) groups is 1. The molecule has 0 spiro atoms. The van der Waals surface area contributed by atoms with E-state index in [0.717, 1.165) is 36.7 Å². The van der Waals surface area contributed by atoms with Crippen LogP contribution < -0.4 is 9.47 Å². The van der Waals surface area contributed by atoms with E-state index in [0.29, 0.717) is 15.9 Å². The number of benzene rings is 2. The van der Waals surface area contributed by atoms with Crippen molar-refractivity contribution in [2.24, 2.45) is 5.92 Å². The highest BCUT2D eigenvalue weighted by molar-refractivity contribution is 8.02. The van der Waals surface area contributed by atoms with Gasteiger partial charge in [-0.05, 0) is 60.2 Å². The molecule has 254 valence electrons. The fraction of sp³-hybridized carbons (Fsp3) is 0.379. The average Bonchev–Trinajstić information content (AvgIpc) is 3.68. The van der Waals surface area contributed by atoms with Crippen LogP contribution in [0, 0.1) is 5.92 Å². The Morgan fingerprint density at radius 1 is 1.04 bits per heavy atom. The second-order valence-corrected chi connectivity index (χ2v) is 14.8. The summed E-state index contributed by atoms with van der Waals surface area (Å²) < 4.78 is 112. The molecule has 1 saturated heterocycles. The Morgan fingerprint density at radius 3 is 2.38 bits per heavy atom. The molecular weight excluding hydrogens is 738 g/mol. The predicted octanol–water partition coefficient (Wildman–Crippen LogP) is 8.04. The standard InChI is InChI=1S/C29H24Cl3F5N2O6S2/c30-17-4-6-25(19(10-17)29(35,36)37)47(41,42)39-7-8-46-26(39)27(40)44-23(11-18-20(31)12-38-13-21(18)32)16-3-5-22(45-28(33)34)24(9-16)43-14-15-1-2-15/h3-6,9-10,12-13,15,23,26,28H,1-2,7-8,11,14H2. The van der Waals surface area contributed by atoms with Crippen molar-refractivity contribution in [3.63, 3.8) is 0 Å². The minimum Gasteiger partial charge on any atom is -0.489 e. The maximum Gasteiger partial charge on any atom is 0.417 e. The summed E-state index contributed by atoms with van der Waals surface area (Å²) in [5, 5.41) is -1.68. The Labute approximate surface area is 285 Å². The first kappa shape index (κ1) is 35.7. The molecule has 0 amide bonds. The summed E-state index contributed by atoms with van der Waals surface area (Å²) in [4.78, 5) is 16.5. The van der Waals surface area contributed by atoms with Gasteiger partial charge >= 0.3 is 18.8 Å². The SMILES string of the molecule is O=C(OC(Cc1c(Cl)cncc1Cl)c1ccc(OC(F)F)c(OCC2CC2)c1)C1SCCN1S(=O)(=O)c1ccc(Cl)cc1C(F)(F)F. The maximum absolute atomic E-state index is 13.8. The van der Waals surface area contributed by atoms with E-state index >= 15 is 0 Å². The highest BCUT2D eigenvalue weighted by Gasteiger charge is 2.46. The van der Waals surface area contributed by atoms with Crippen LogP contribution in [0.4, 0.5) is 22.0 Å². The maximum atomic E-state index is 13.8. The van der Waals surface area contributed by atoms with Crippen molar-refractivity contribution in [2.75, 3.05) is 18.9 Å². The van der Waals surface area contributed by atoms with Crippen molar-refractivity contribution in [1.82, 2.24) is 9.29 Å². The van der Waals surface area contributed by atoms with Gasteiger partial charge in [0.25, 0.3) is 0 Å². The number of halogens is 8. The van der Waals surface area contributed by atoms with Gasteiger partial charge in [-0.3, -0.25) is 4.98 Å². The van der Waals surface area contributed by atoms with Gasteiger partial charge in [-0.25, -0.2) is 13.2 Å². The Balaban J connectivity index is 1.49. The van der Waals surface area contributed by atoms with Gasteiger partial charge in [-0.2, -0.15) is 26.3 Å². The summed E-state index contributed by atoms with van der Waals surface area (Å²) >= 11 is 19.3. The number of sulfonamides is 1. The lowest BCUT2D eigenvalue weighted by Gasteiger charge is -2.26. The number of hydrogen-bond donors (Lipinski definition) is 0. The summed E-state index contributed by atoms with van der Waals surface area (Å²) in [6, 6.07) is 6.13. The van der Waals surface area contributed by atoms with E-state index in [1.807, 2.05) is 0 Å². The van der Waals surface area contributed by atoms with Crippen LogP contribution >= 0.6 is 46.6 Å². The molecule has 8 nitrogen and oxygen atoms in total. The molecule has 0 radical (unpaired) electrons. The Bertz CT molecular complexity index is 1730. The molecule has 2 fully saturated rings. The van der Waals surface area contributed by atoms with E-state index in [1.54, 1.807) is 0 Å². The van der Waals surface area contributed by atoms with Gasteiger partial charge < -0.3 is 14.2 Å². The molecule has 1 aromatic heterocycles. The van der Waals surface area contributed by atoms with Gasteiger partial charge in [0.15, 0.2) is 16.9 Å². The van der Waals surface area contributed by atoms with Crippen LogP contribution in [0.25, 0.3) is 0 Å². The van der Waals surface area contributed by atoms with E-state index in [-0.39, 0.29) is 63.4 Å². The van der Waals surface area contributed by atoms with Gasteiger partial charge in [0, 0.05) is 36.1 Å². The lowest BCUT2D eigenvalue weighted by molar-refractivity contribution is -0.150. The van der Waals surface area contributed by atoms with Crippen molar-refractivity contribution >= 4 is 62.6 Å². The molecule has 0 N–H and O–H groups in total. The molecule has 2 atom stereocenters. The molecule has 2 heterocycles. The number of pyridine rings is 1. The average molecular weight is 762 g/mol. The topological polar surface area (TPSA) is 95.0 Å². The second kappa shape index (κ2) is 14.5. The molecule has 1 aliphatic carbocycles. The van der Waals surface area contributed by atoms with Crippen LogP contribution in [0.2, 0.25) is 15.1 Å². The number of ether oxygens (including phenoxy) is 3. The van der Waals surface area contributed by atoms with Crippen LogP contribution in [-0.4, -0.2) is 54.6 Å². The number of carbonyl (C=O) groups excluding carboxylic acids is 1. The summed E-state index contributed by atoms with van der Waals surface area (Å²) in [6.45, 7) is -3.22. The van der Waals surface area contributed by atoms with E-state index < -0.39 is 50.7 Å². The van der Waals surface area contributed by atoms with Crippen LogP contribution in [-0.2, 0) is 32.2 Å². The minimum absolute atomic E-state index is 0.0514. The fourth-order valence-electron chi connectivity index (χ4n) is 4.73. The molecule has 2 unspecified atom stereocenters. The van der Waals surface area contributed by atoms with E-state index in [4.69, 9.17) is 44.3 Å². The Kier molecular flexibility index (Phi) is 11.0. The van der Waals surface area contributed by atoms with Crippen LogP contribution in [0.1, 0.15) is 35.6 Å². The first-order valence-corrected chi connectivity index (χ1v) is 17.5. The molecule has 1 saturated carbocycles. The Hall–Kier alpha value is -2.56. The quantitative estimate of drug-likeness (QED) is 0.135. The molecule has 1 aliphatic heterocycles. The predicted molar refractivity (Wildman–Crippen MR) is 165 cm³/mol. The first-order chi connectivity index (χ1) is 22.1. The van der Waals surface area contributed by atoms with Gasteiger partial charge in [0.1, 0.15) is 6.10 Å². The minimum atomic E-state index is -5.07. The van der Waals surface area contributed by atoms with Gasteiger partial charge in [0.05, 0.1) is 27.1 Å². The summed E-state index contributed by atoms with van der Waals surface area (Å²) in [5.41, 5.74) is -0.961. The first-order valence-electron chi connectivity index (χ1n) is 13.8. The molecular formula is C29H24Cl3F5N2O6S2. The lowest BCUT2D eigenvalue weighted by Crippen LogP contribution is -2.41. The van der Waals surface area contributed by atoms with Crippen molar-refractivity contribution in [3.8, 4) is 11.5 Å². The largest absolute Gasteiger partial charge is 0.489 e. The van der Waals surface area contributed by atoms with Crippen molar-refractivity contribution < 1.29 is 49.4 Å². The van der Waals surface area contributed by atoms with Gasteiger partial charge in [0.2, 0.25) is 10.0 Å². The number of esters is 1. The smallest absolute Gasteiger partial charge is 0.417 e. The number of alkyl halides is 5. The fourth-order valence-corrected chi connectivity index (χ4v) is 8.66. The zero-order valence-corrected chi connectivity index (χ0v) is 27.8. The molecule has 18 heteroatoms. The summed E-state index contributed by atoms with van der Waals surface area (Å²) in [6.07, 6.45) is -2.08. The number of aromatic nitrogens is 1. The third-order valence-electron chi connectivity index (χ3n) is 7.21. The monoisotopic (exact) mass is 760 g/mol. The van der Waals surface area contributed by atoms with Crippen LogP contribution in [0.15, 0.2) is 53.7 Å². The van der Waals surface area contributed by atoms with Crippen LogP contribution in [0.5, 0.6) is 11.5 Å². The zero-order chi connectivity index (χ0) is 34.1.